The predicted molar refractivity (Wildman–Crippen MR) is 63.7 cm³/mol. The first-order valence-corrected chi connectivity index (χ1v) is 5.38. The number of hydrogen-bond acceptors (Lipinski definition) is 2. The van der Waals surface area contributed by atoms with Crippen molar-refractivity contribution in [1.82, 2.24) is 10.6 Å². The van der Waals surface area contributed by atoms with Gasteiger partial charge >= 0.3 is 6.03 Å². The van der Waals surface area contributed by atoms with E-state index in [0.717, 1.165) is 17.7 Å². The first-order valence-electron chi connectivity index (χ1n) is 5.38. The minimum Gasteiger partial charge on any atom is -0.493 e. The Morgan fingerprint density at radius 1 is 1.38 bits per heavy atom. The van der Waals surface area contributed by atoms with Crippen LogP contribution < -0.4 is 15.4 Å². The van der Waals surface area contributed by atoms with Crippen LogP contribution in [0.2, 0.25) is 0 Å². The molecule has 0 aliphatic carbocycles. The van der Waals surface area contributed by atoms with E-state index in [2.05, 4.69) is 10.6 Å². The van der Waals surface area contributed by atoms with Crippen LogP contribution in [0.25, 0.3) is 0 Å². The molecule has 0 unspecified atom stereocenters. The second-order valence-electron chi connectivity index (χ2n) is 3.47. The molecule has 0 spiro atoms. The average Bonchev–Trinajstić information content (AvgIpc) is 2.30. The van der Waals surface area contributed by atoms with Crippen molar-refractivity contribution < 1.29 is 9.53 Å². The van der Waals surface area contributed by atoms with Gasteiger partial charge in [0.1, 0.15) is 5.75 Å². The van der Waals surface area contributed by atoms with E-state index in [4.69, 9.17) is 4.74 Å². The minimum absolute atomic E-state index is 0.157. The number of aryl methyl sites for hydroxylation is 1. The molecule has 1 aromatic carbocycles. The molecular weight excluding hydrogens is 204 g/mol. The van der Waals surface area contributed by atoms with Gasteiger partial charge in [0.2, 0.25) is 0 Å². The fraction of sp³-hybridized carbons (Fsp3) is 0.417. The molecule has 0 aliphatic heterocycles. The van der Waals surface area contributed by atoms with E-state index in [0.29, 0.717) is 13.2 Å². The van der Waals surface area contributed by atoms with Crippen LogP contribution in [-0.2, 0) is 0 Å². The van der Waals surface area contributed by atoms with E-state index in [1.807, 2.05) is 31.2 Å². The van der Waals surface area contributed by atoms with Gasteiger partial charge in [-0.25, -0.2) is 4.79 Å². The van der Waals surface area contributed by atoms with Crippen LogP contribution in [-0.4, -0.2) is 26.2 Å². The molecule has 0 heterocycles. The molecule has 88 valence electrons. The number of nitrogens with one attached hydrogen (secondary N) is 2. The monoisotopic (exact) mass is 222 g/mol. The van der Waals surface area contributed by atoms with Crippen molar-refractivity contribution in [3.8, 4) is 5.75 Å². The van der Waals surface area contributed by atoms with Gasteiger partial charge in [-0.2, -0.15) is 0 Å². The molecule has 2 amide bonds. The Labute approximate surface area is 96.0 Å². The van der Waals surface area contributed by atoms with E-state index in [9.17, 15) is 4.79 Å². The zero-order valence-corrected chi connectivity index (χ0v) is 9.75. The van der Waals surface area contributed by atoms with Crippen molar-refractivity contribution in [2.45, 2.75) is 13.3 Å². The normalized spacial score (nSPS) is 9.62. The first-order chi connectivity index (χ1) is 7.74. The van der Waals surface area contributed by atoms with Crippen molar-refractivity contribution in [3.05, 3.63) is 29.8 Å². The molecule has 4 heteroatoms. The average molecular weight is 222 g/mol. The van der Waals surface area contributed by atoms with Crippen molar-refractivity contribution in [1.29, 1.82) is 0 Å². The lowest BCUT2D eigenvalue weighted by Crippen LogP contribution is -2.33. The Balaban J connectivity index is 2.17. The number of carbonyl (C=O) groups is 1. The topological polar surface area (TPSA) is 50.4 Å². The Morgan fingerprint density at radius 3 is 2.81 bits per heavy atom. The Bertz CT molecular complexity index is 340. The van der Waals surface area contributed by atoms with Gasteiger partial charge in [0.05, 0.1) is 6.61 Å². The number of amides is 2. The lowest BCUT2D eigenvalue weighted by atomic mass is 10.2. The molecule has 1 aromatic rings. The molecule has 0 radical (unpaired) electrons. The number of ether oxygens (including phenoxy) is 1. The third-order valence-corrected chi connectivity index (χ3v) is 2.18. The highest BCUT2D eigenvalue weighted by molar-refractivity contribution is 5.73. The number of rotatable bonds is 5. The summed E-state index contributed by atoms with van der Waals surface area (Å²) in [6, 6.07) is 7.73. The summed E-state index contributed by atoms with van der Waals surface area (Å²) in [5.74, 6) is 0.905. The molecule has 0 bridgehead atoms. The van der Waals surface area contributed by atoms with E-state index < -0.39 is 0 Å². The Hall–Kier alpha value is -1.71. The van der Waals surface area contributed by atoms with Crippen molar-refractivity contribution in [2.75, 3.05) is 20.2 Å². The van der Waals surface area contributed by atoms with Crippen LogP contribution in [0, 0.1) is 6.92 Å². The van der Waals surface area contributed by atoms with Gasteiger partial charge in [-0.15, -0.1) is 0 Å². The van der Waals surface area contributed by atoms with Gasteiger partial charge in [-0.3, -0.25) is 0 Å². The minimum atomic E-state index is -0.157. The number of urea groups is 1. The van der Waals surface area contributed by atoms with Crippen LogP contribution in [0.1, 0.15) is 12.0 Å². The Kier molecular flexibility index (Phi) is 5.19. The molecule has 0 atom stereocenters. The van der Waals surface area contributed by atoms with Crippen molar-refractivity contribution in [2.24, 2.45) is 0 Å². The van der Waals surface area contributed by atoms with Gasteiger partial charge in [0, 0.05) is 13.6 Å². The van der Waals surface area contributed by atoms with Crippen LogP contribution in [0.3, 0.4) is 0 Å². The third kappa shape index (κ3) is 4.21. The van der Waals surface area contributed by atoms with Crippen LogP contribution in [0.5, 0.6) is 5.75 Å². The lowest BCUT2D eigenvalue weighted by molar-refractivity contribution is 0.241. The quantitative estimate of drug-likeness (QED) is 0.745. The van der Waals surface area contributed by atoms with Crippen LogP contribution in [0.4, 0.5) is 4.79 Å². The summed E-state index contributed by atoms with van der Waals surface area (Å²) in [4.78, 5) is 10.8. The Morgan fingerprint density at radius 2 is 2.12 bits per heavy atom. The molecule has 0 saturated carbocycles. The molecule has 0 fully saturated rings. The van der Waals surface area contributed by atoms with E-state index >= 15 is 0 Å². The second kappa shape index (κ2) is 6.71. The fourth-order valence-corrected chi connectivity index (χ4v) is 1.26. The number of benzene rings is 1. The first kappa shape index (κ1) is 12.4. The summed E-state index contributed by atoms with van der Waals surface area (Å²) >= 11 is 0. The van der Waals surface area contributed by atoms with Gasteiger partial charge in [0.15, 0.2) is 0 Å². The summed E-state index contributed by atoms with van der Waals surface area (Å²) in [5.41, 5.74) is 1.13. The molecule has 16 heavy (non-hydrogen) atoms. The summed E-state index contributed by atoms with van der Waals surface area (Å²) in [5, 5.41) is 5.19. The highest BCUT2D eigenvalue weighted by atomic mass is 16.5. The zero-order valence-electron chi connectivity index (χ0n) is 9.75. The number of carbonyl (C=O) groups excluding carboxylic acids is 1. The number of hydrogen-bond donors (Lipinski definition) is 2. The standard InChI is InChI=1S/C12H18N2O2/c1-10-6-3-4-7-11(10)16-9-5-8-14-12(15)13-2/h3-4,6-7H,5,8-9H2,1-2H3,(H2,13,14,15). The zero-order chi connectivity index (χ0) is 11.8. The van der Waals surface area contributed by atoms with E-state index in [-0.39, 0.29) is 6.03 Å². The second-order valence-corrected chi connectivity index (χ2v) is 3.47. The molecule has 1 rings (SSSR count). The lowest BCUT2D eigenvalue weighted by Gasteiger charge is -2.09. The maximum Gasteiger partial charge on any atom is 0.314 e. The fourth-order valence-electron chi connectivity index (χ4n) is 1.26. The SMILES string of the molecule is CNC(=O)NCCCOc1ccccc1C. The van der Waals surface area contributed by atoms with E-state index in [1.54, 1.807) is 7.05 Å². The molecule has 0 aliphatic rings. The maximum atomic E-state index is 10.8. The van der Waals surface area contributed by atoms with Gasteiger partial charge < -0.3 is 15.4 Å². The molecule has 4 nitrogen and oxygen atoms in total. The van der Waals surface area contributed by atoms with Gasteiger partial charge in [0.25, 0.3) is 0 Å². The largest absolute Gasteiger partial charge is 0.493 e. The van der Waals surface area contributed by atoms with Crippen molar-refractivity contribution >= 4 is 6.03 Å². The molecule has 0 aromatic heterocycles. The van der Waals surface area contributed by atoms with Crippen molar-refractivity contribution in [3.63, 3.8) is 0 Å². The summed E-state index contributed by atoms with van der Waals surface area (Å²) in [7, 11) is 1.60. The van der Waals surface area contributed by atoms with Crippen LogP contribution >= 0.6 is 0 Å². The smallest absolute Gasteiger partial charge is 0.314 e. The molecule has 0 saturated heterocycles. The third-order valence-electron chi connectivity index (χ3n) is 2.18. The summed E-state index contributed by atoms with van der Waals surface area (Å²) in [6.45, 7) is 3.23. The number of para-hydroxylation sites is 1. The van der Waals surface area contributed by atoms with Gasteiger partial charge in [-0.05, 0) is 25.0 Å². The maximum absolute atomic E-state index is 10.8. The summed E-state index contributed by atoms with van der Waals surface area (Å²) in [6.07, 6.45) is 0.793. The summed E-state index contributed by atoms with van der Waals surface area (Å²) < 4.78 is 5.58. The molecular formula is C12H18N2O2. The molecule has 2 N–H and O–H groups in total. The predicted octanol–water partition coefficient (Wildman–Crippen LogP) is 1.69. The highest BCUT2D eigenvalue weighted by Crippen LogP contribution is 2.15. The van der Waals surface area contributed by atoms with Crippen LogP contribution in [0.15, 0.2) is 24.3 Å². The highest BCUT2D eigenvalue weighted by Gasteiger charge is 1.98. The van der Waals surface area contributed by atoms with Gasteiger partial charge in [-0.1, -0.05) is 18.2 Å². The van der Waals surface area contributed by atoms with E-state index in [1.165, 1.54) is 0 Å².